The van der Waals surface area contributed by atoms with Crippen LogP contribution in [-0.4, -0.2) is 16.9 Å². The quantitative estimate of drug-likeness (QED) is 0.621. The number of oxime groups is 1. The van der Waals surface area contributed by atoms with Crippen molar-refractivity contribution < 1.29 is 14.7 Å². The Kier molecular flexibility index (Phi) is 2.85. The van der Waals surface area contributed by atoms with Gasteiger partial charge in [-0.05, 0) is 18.9 Å². The van der Waals surface area contributed by atoms with Crippen molar-refractivity contribution in [2.45, 2.75) is 32.1 Å². The van der Waals surface area contributed by atoms with Crippen LogP contribution in [0.25, 0.3) is 0 Å². The van der Waals surface area contributed by atoms with Crippen LogP contribution in [0.15, 0.2) is 40.8 Å². The molecular weight excluding hydrogens is 242 g/mol. The number of ketones is 1. The zero-order chi connectivity index (χ0) is 13.4. The SMILES string of the molecule is Cc1cccc([C@@H]2C3=C(CCCC3=O)O/C2=N/O)c1. The number of rotatable bonds is 1. The average Bonchev–Trinajstić information content (AvgIpc) is 2.78. The Morgan fingerprint density at radius 2 is 2.21 bits per heavy atom. The van der Waals surface area contributed by atoms with Crippen LogP contribution in [0.4, 0.5) is 0 Å². The molecule has 3 rings (SSSR count). The molecule has 0 amide bonds. The molecule has 19 heavy (non-hydrogen) atoms. The fourth-order valence-corrected chi connectivity index (χ4v) is 2.81. The first-order chi connectivity index (χ1) is 9.20. The van der Waals surface area contributed by atoms with Crippen molar-refractivity contribution in [1.82, 2.24) is 0 Å². The van der Waals surface area contributed by atoms with Crippen molar-refractivity contribution in [3.05, 3.63) is 46.7 Å². The summed E-state index contributed by atoms with van der Waals surface area (Å²) in [7, 11) is 0. The smallest absolute Gasteiger partial charge is 0.242 e. The first-order valence-corrected chi connectivity index (χ1v) is 6.43. The van der Waals surface area contributed by atoms with Gasteiger partial charge in [-0.1, -0.05) is 35.0 Å². The van der Waals surface area contributed by atoms with E-state index in [0.29, 0.717) is 17.8 Å². The molecule has 2 aliphatic rings. The number of Topliss-reactive ketones (excluding diaryl/α,β-unsaturated/α-hetero) is 1. The number of hydrogen-bond acceptors (Lipinski definition) is 4. The molecule has 1 N–H and O–H groups in total. The standard InChI is InChI=1S/C15H15NO3/c1-9-4-2-5-10(8-9)13-14-11(17)6-3-7-12(14)19-15(13)16-18/h2,4-5,8,13,18H,3,6-7H2,1H3/b16-15+/t13-/m1/s1. The molecule has 0 saturated carbocycles. The predicted molar refractivity (Wildman–Crippen MR) is 70.1 cm³/mol. The number of hydrogen-bond donors (Lipinski definition) is 1. The minimum Gasteiger partial charge on any atom is -0.443 e. The van der Waals surface area contributed by atoms with Gasteiger partial charge < -0.3 is 9.94 Å². The third-order valence-corrected chi connectivity index (χ3v) is 3.65. The highest BCUT2D eigenvalue weighted by Gasteiger charge is 2.40. The summed E-state index contributed by atoms with van der Waals surface area (Å²) in [5.74, 6) is 0.639. The molecule has 0 aromatic heterocycles. The van der Waals surface area contributed by atoms with Crippen LogP contribution in [0.5, 0.6) is 0 Å². The highest BCUT2D eigenvalue weighted by atomic mass is 16.5. The summed E-state index contributed by atoms with van der Waals surface area (Å²) in [6.45, 7) is 1.99. The van der Waals surface area contributed by atoms with E-state index >= 15 is 0 Å². The van der Waals surface area contributed by atoms with Crippen molar-refractivity contribution in [3.63, 3.8) is 0 Å². The maximum Gasteiger partial charge on any atom is 0.242 e. The first-order valence-electron chi connectivity index (χ1n) is 6.43. The van der Waals surface area contributed by atoms with Crippen LogP contribution >= 0.6 is 0 Å². The van der Waals surface area contributed by atoms with Gasteiger partial charge in [0, 0.05) is 12.8 Å². The number of ether oxygens (including phenoxy) is 1. The largest absolute Gasteiger partial charge is 0.443 e. The number of aryl methyl sites for hydroxylation is 1. The molecule has 1 aromatic rings. The van der Waals surface area contributed by atoms with E-state index in [2.05, 4.69) is 5.16 Å². The van der Waals surface area contributed by atoms with Crippen molar-refractivity contribution in [1.29, 1.82) is 0 Å². The zero-order valence-corrected chi connectivity index (χ0v) is 10.7. The van der Waals surface area contributed by atoms with E-state index in [1.165, 1.54) is 0 Å². The molecule has 4 nitrogen and oxygen atoms in total. The lowest BCUT2D eigenvalue weighted by atomic mass is 9.84. The molecule has 1 heterocycles. The number of nitrogens with zero attached hydrogens (tertiary/aromatic N) is 1. The molecule has 0 unspecified atom stereocenters. The molecule has 1 atom stereocenters. The monoisotopic (exact) mass is 257 g/mol. The fourth-order valence-electron chi connectivity index (χ4n) is 2.81. The van der Waals surface area contributed by atoms with Gasteiger partial charge in [-0.25, -0.2) is 0 Å². The second kappa shape index (κ2) is 4.53. The number of allylic oxidation sites excluding steroid dienone is 1. The van der Waals surface area contributed by atoms with Gasteiger partial charge >= 0.3 is 0 Å². The maximum atomic E-state index is 12.1. The summed E-state index contributed by atoms with van der Waals surface area (Å²) >= 11 is 0. The third-order valence-electron chi connectivity index (χ3n) is 3.65. The molecule has 1 aliphatic carbocycles. The summed E-state index contributed by atoms with van der Waals surface area (Å²) in [6, 6.07) is 7.86. The van der Waals surface area contributed by atoms with E-state index in [4.69, 9.17) is 9.94 Å². The molecular formula is C15H15NO3. The summed E-state index contributed by atoms with van der Waals surface area (Å²) in [4.78, 5) is 12.1. The van der Waals surface area contributed by atoms with Crippen molar-refractivity contribution in [2.24, 2.45) is 5.16 Å². The second-order valence-electron chi connectivity index (χ2n) is 5.00. The molecule has 0 bridgehead atoms. The third kappa shape index (κ3) is 1.93. The number of carbonyl (C=O) groups excluding carboxylic acids is 1. The molecule has 98 valence electrons. The van der Waals surface area contributed by atoms with Crippen molar-refractivity contribution in [3.8, 4) is 0 Å². The van der Waals surface area contributed by atoms with Crippen LogP contribution < -0.4 is 0 Å². The van der Waals surface area contributed by atoms with E-state index in [1.807, 2.05) is 31.2 Å². The Labute approximate surface area is 111 Å². The zero-order valence-electron chi connectivity index (χ0n) is 10.7. The van der Waals surface area contributed by atoms with Crippen molar-refractivity contribution in [2.75, 3.05) is 0 Å². The molecule has 4 heteroatoms. The Balaban J connectivity index is 2.11. The average molecular weight is 257 g/mol. The lowest BCUT2D eigenvalue weighted by molar-refractivity contribution is -0.116. The maximum absolute atomic E-state index is 12.1. The molecule has 0 radical (unpaired) electrons. The van der Waals surface area contributed by atoms with Crippen LogP contribution in [-0.2, 0) is 9.53 Å². The Morgan fingerprint density at radius 1 is 1.37 bits per heavy atom. The Hall–Kier alpha value is -2.10. The first kappa shape index (κ1) is 12.0. The topological polar surface area (TPSA) is 58.9 Å². The summed E-state index contributed by atoms with van der Waals surface area (Å²) in [5, 5.41) is 12.4. The van der Waals surface area contributed by atoms with Crippen LogP contribution in [0, 0.1) is 6.92 Å². The normalized spacial score (nSPS) is 24.6. The summed E-state index contributed by atoms with van der Waals surface area (Å²) in [6.07, 6.45) is 2.09. The van der Waals surface area contributed by atoms with Crippen LogP contribution in [0.1, 0.15) is 36.3 Å². The van der Waals surface area contributed by atoms with Gasteiger partial charge in [0.2, 0.25) is 5.90 Å². The summed E-state index contributed by atoms with van der Waals surface area (Å²) < 4.78 is 5.55. The lowest BCUT2D eigenvalue weighted by Crippen LogP contribution is -2.16. The van der Waals surface area contributed by atoms with Gasteiger partial charge in [0.25, 0.3) is 0 Å². The Bertz CT molecular complexity index is 601. The number of benzene rings is 1. The fraction of sp³-hybridized carbons (Fsp3) is 0.333. The summed E-state index contributed by atoms with van der Waals surface area (Å²) in [5.41, 5.74) is 2.71. The van der Waals surface area contributed by atoms with Crippen LogP contribution in [0.3, 0.4) is 0 Å². The van der Waals surface area contributed by atoms with Gasteiger partial charge in [-0.3, -0.25) is 4.79 Å². The minimum absolute atomic E-state index is 0.103. The van der Waals surface area contributed by atoms with Gasteiger partial charge in [-0.2, -0.15) is 0 Å². The second-order valence-corrected chi connectivity index (χ2v) is 5.00. The molecule has 0 spiro atoms. The number of carbonyl (C=O) groups is 1. The predicted octanol–water partition coefficient (Wildman–Crippen LogP) is 2.90. The molecule has 1 aromatic carbocycles. The van der Waals surface area contributed by atoms with Gasteiger partial charge in [0.15, 0.2) is 5.78 Å². The van der Waals surface area contributed by atoms with Crippen molar-refractivity contribution >= 4 is 11.7 Å². The highest BCUT2D eigenvalue weighted by molar-refractivity contribution is 6.07. The Morgan fingerprint density at radius 3 is 2.95 bits per heavy atom. The van der Waals surface area contributed by atoms with Gasteiger partial charge in [0.05, 0.1) is 11.5 Å². The van der Waals surface area contributed by atoms with Gasteiger partial charge in [-0.15, -0.1) is 0 Å². The molecule has 0 fully saturated rings. The van der Waals surface area contributed by atoms with Crippen LogP contribution in [0.2, 0.25) is 0 Å². The van der Waals surface area contributed by atoms with E-state index < -0.39 is 0 Å². The van der Waals surface area contributed by atoms with E-state index in [-0.39, 0.29) is 17.6 Å². The highest BCUT2D eigenvalue weighted by Crippen LogP contribution is 2.41. The van der Waals surface area contributed by atoms with E-state index in [1.54, 1.807) is 0 Å². The van der Waals surface area contributed by atoms with E-state index in [0.717, 1.165) is 24.0 Å². The molecule has 0 saturated heterocycles. The lowest BCUT2D eigenvalue weighted by Gasteiger charge is -2.15. The minimum atomic E-state index is -0.354. The molecule has 1 aliphatic heterocycles. The van der Waals surface area contributed by atoms with E-state index in [9.17, 15) is 4.79 Å². The van der Waals surface area contributed by atoms with Gasteiger partial charge in [0.1, 0.15) is 5.76 Å².